The van der Waals surface area contributed by atoms with Gasteiger partial charge in [0.1, 0.15) is 11.6 Å². The summed E-state index contributed by atoms with van der Waals surface area (Å²) in [7, 11) is -3.65. The Bertz CT molecular complexity index is 1280. The quantitative estimate of drug-likeness (QED) is 0.287. The number of nitrogens with zero attached hydrogens (tertiary/aromatic N) is 1. The summed E-state index contributed by atoms with van der Waals surface area (Å²) in [5, 5.41) is 20.1. The molecular formula is C24H28F2N4O5S. The number of aryl methyl sites for hydroxylation is 1. The fourth-order valence-electron chi connectivity index (χ4n) is 3.59. The van der Waals surface area contributed by atoms with Crippen LogP contribution in [0.2, 0.25) is 0 Å². The zero-order chi connectivity index (χ0) is 26.3. The number of benzene rings is 2. The molecule has 9 nitrogen and oxygen atoms in total. The number of carbonyl (C=O) groups excluding carboxylic acids is 1. The molecule has 194 valence electrons. The zero-order valence-corrected chi connectivity index (χ0v) is 20.6. The number of anilines is 1. The fourth-order valence-corrected chi connectivity index (χ4v) is 4.05. The molecule has 1 amide bonds. The highest BCUT2D eigenvalue weighted by atomic mass is 32.2. The van der Waals surface area contributed by atoms with E-state index < -0.39 is 39.7 Å². The van der Waals surface area contributed by atoms with Crippen LogP contribution in [0.5, 0.6) is 0 Å². The number of sulfonamides is 1. The normalized spacial score (nSPS) is 13.2. The monoisotopic (exact) mass is 522 g/mol. The molecule has 3 rings (SSSR count). The average molecular weight is 523 g/mol. The molecule has 0 saturated carbocycles. The van der Waals surface area contributed by atoms with Crippen LogP contribution in [0.15, 0.2) is 53.1 Å². The highest BCUT2D eigenvalue weighted by molar-refractivity contribution is 7.92. The first kappa shape index (κ1) is 27.2. The molecule has 0 aliphatic heterocycles. The number of carbonyl (C=O) groups is 1. The number of nitrogens with one attached hydrogen (secondary N) is 3. The molecule has 1 heterocycles. The standard InChI is InChI=1S/C24H28F2N4O5S/c1-3-15-5-4-6-16(7-15)13-27-14-22(31)20(10-17-8-18(25)11-19(26)9-17)28-24(32)21-12-23(35-29-21)30-36(2,33)34/h4-9,11-12,20,22,27,30-31H,3,10,13-14H2,1-2H3,(H,28,32)/t20-,22-/m0/s1. The van der Waals surface area contributed by atoms with Gasteiger partial charge in [-0.15, -0.1) is 0 Å². The number of hydrogen-bond acceptors (Lipinski definition) is 7. The van der Waals surface area contributed by atoms with Crippen molar-refractivity contribution in [2.75, 3.05) is 17.5 Å². The molecule has 2 aromatic carbocycles. The van der Waals surface area contributed by atoms with Crippen molar-refractivity contribution < 1.29 is 31.6 Å². The van der Waals surface area contributed by atoms with Crippen molar-refractivity contribution in [3.05, 3.63) is 82.5 Å². The molecule has 2 atom stereocenters. The van der Waals surface area contributed by atoms with Crippen LogP contribution in [0.3, 0.4) is 0 Å². The number of rotatable bonds is 12. The molecule has 0 fully saturated rings. The third-order valence-electron chi connectivity index (χ3n) is 5.27. The molecule has 0 bridgehead atoms. The van der Waals surface area contributed by atoms with Crippen LogP contribution in [-0.2, 0) is 29.4 Å². The predicted molar refractivity (Wildman–Crippen MR) is 130 cm³/mol. The van der Waals surface area contributed by atoms with Crippen LogP contribution in [0.4, 0.5) is 14.7 Å². The minimum Gasteiger partial charge on any atom is -0.390 e. The average Bonchev–Trinajstić information content (AvgIpc) is 3.25. The Labute approximate surface area is 207 Å². The number of aliphatic hydroxyl groups is 1. The lowest BCUT2D eigenvalue weighted by molar-refractivity contribution is 0.0821. The minimum absolute atomic E-state index is 0.0683. The summed E-state index contributed by atoms with van der Waals surface area (Å²) >= 11 is 0. The van der Waals surface area contributed by atoms with Gasteiger partial charge < -0.3 is 20.3 Å². The molecule has 4 N–H and O–H groups in total. The lowest BCUT2D eigenvalue weighted by Gasteiger charge is -2.24. The van der Waals surface area contributed by atoms with Gasteiger partial charge in [0.25, 0.3) is 5.91 Å². The molecule has 0 spiro atoms. The SMILES string of the molecule is CCc1cccc(CNC[C@H](O)[C@H](Cc2cc(F)cc(F)c2)NC(=O)c2cc(NS(C)(=O)=O)on2)c1. The summed E-state index contributed by atoms with van der Waals surface area (Å²) in [6.45, 7) is 2.58. The molecule has 0 radical (unpaired) electrons. The van der Waals surface area contributed by atoms with Crippen molar-refractivity contribution in [2.24, 2.45) is 0 Å². The minimum atomic E-state index is -3.65. The van der Waals surface area contributed by atoms with Gasteiger partial charge in [-0.05, 0) is 41.7 Å². The summed E-state index contributed by atoms with van der Waals surface area (Å²) in [5.74, 6) is -2.60. The fraction of sp³-hybridized carbons (Fsp3) is 0.333. The molecular weight excluding hydrogens is 494 g/mol. The van der Waals surface area contributed by atoms with E-state index in [0.717, 1.165) is 42.5 Å². The zero-order valence-electron chi connectivity index (χ0n) is 19.8. The predicted octanol–water partition coefficient (Wildman–Crippen LogP) is 2.38. The van der Waals surface area contributed by atoms with E-state index >= 15 is 0 Å². The Morgan fingerprint density at radius 2 is 1.78 bits per heavy atom. The molecule has 0 aliphatic rings. The lowest BCUT2D eigenvalue weighted by atomic mass is 10.00. The van der Waals surface area contributed by atoms with E-state index in [1.807, 2.05) is 31.2 Å². The third kappa shape index (κ3) is 8.40. The van der Waals surface area contributed by atoms with E-state index in [4.69, 9.17) is 4.52 Å². The maximum atomic E-state index is 13.7. The third-order valence-corrected chi connectivity index (χ3v) is 5.84. The van der Waals surface area contributed by atoms with Gasteiger partial charge in [0, 0.05) is 25.2 Å². The van der Waals surface area contributed by atoms with E-state index in [9.17, 15) is 27.1 Å². The van der Waals surface area contributed by atoms with E-state index in [1.54, 1.807) is 0 Å². The van der Waals surface area contributed by atoms with Crippen molar-refractivity contribution in [1.82, 2.24) is 15.8 Å². The number of hydrogen-bond donors (Lipinski definition) is 4. The Kier molecular flexibility index (Phi) is 9.13. The summed E-state index contributed by atoms with van der Waals surface area (Å²) in [5.41, 5.74) is 2.17. The Balaban J connectivity index is 1.71. The summed E-state index contributed by atoms with van der Waals surface area (Å²) in [6.07, 6.45) is 0.569. The van der Waals surface area contributed by atoms with E-state index in [1.165, 1.54) is 5.56 Å². The highest BCUT2D eigenvalue weighted by Gasteiger charge is 2.25. The number of amides is 1. The molecule has 3 aromatic rings. The lowest BCUT2D eigenvalue weighted by Crippen LogP contribution is -2.48. The number of aromatic nitrogens is 1. The van der Waals surface area contributed by atoms with Gasteiger partial charge >= 0.3 is 0 Å². The Morgan fingerprint density at radius 3 is 2.44 bits per heavy atom. The van der Waals surface area contributed by atoms with Crippen LogP contribution in [0, 0.1) is 11.6 Å². The van der Waals surface area contributed by atoms with Crippen molar-refractivity contribution in [3.63, 3.8) is 0 Å². The highest BCUT2D eigenvalue weighted by Crippen LogP contribution is 2.15. The Hall–Kier alpha value is -3.35. The summed E-state index contributed by atoms with van der Waals surface area (Å²) in [4.78, 5) is 12.7. The second-order valence-electron chi connectivity index (χ2n) is 8.38. The van der Waals surface area contributed by atoms with Crippen LogP contribution in [0.1, 0.15) is 34.1 Å². The number of halogens is 2. The smallest absolute Gasteiger partial charge is 0.273 e. The first-order valence-corrected chi connectivity index (χ1v) is 13.1. The van der Waals surface area contributed by atoms with Crippen LogP contribution in [-0.4, -0.2) is 49.5 Å². The van der Waals surface area contributed by atoms with Crippen LogP contribution in [0.25, 0.3) is 0 Å². The van der Waals surface area contributed by atoms with Crippen molar-refractivity contribution in [2.45, 2.75) is 38.5 Å². The van der Waals surface area contributed by atoms with E-state index in [-0.39, 0.29) is 30.1 Å². The largest absolute Gasteiger partial charge is 0.390 e. The molecule has 0 aliphatic carbocycles. The number of aliphatic hydroxyl groups excluding tert-OH is 1. The van der Waals surface area contributed by atoms with Crippen molar-refractivity contribution >= 4 is 21.8 Å². The first-order chi connectivity index (χ1) is 17.0. The topological polar surface area (TPSA) is 134 Å². The maximum Gasteiger partial charge on any atom is 0.273 e. The Morgan fingerprint density at radius 1 is 1.08 bits per heavy atom. The van der Waals surface area contributed by atoms with Gasteiger partial charge in [-0.3, -0.25) is 9.52 Å². The van der Waals surface area contributed by atoms with Crippen LogP contribution < -0.4 is 15.4 Å². The van der Waals surface area contributed by atoms with Gasteiger partial charge in [-0.25, -0.2) is 17.2 Å². The molecule has 0 saturated heterocycles. The van der Waals surface area contributed by atoms with E-state index in [0.29, 0.717) is 6.54 Å². The second-order valence-corrected chi connectivity index (χ2v) is 10.1. The molecule has 0 unspecified atom stereocenters. The van der Waals surface area contributed by atoms with Gasteiger partial charge in [0.05, 0.1) is 18.4 Å². The molecule has 12 heteroatoms. The van der Waals surface area contributed by atoms with Gasteiger partial charge in [-0.1, -0.05) is 36.3 Å². The van der Waals surface area contributed by atoms with E-state index in [2.05, 4.69) is 20.5 Å². The van der Waals surface area contributed by atoms with Crippen LogP contribution >= 0.6 is 0 Å². The first-order valence-electron chi connectivity index (χ1n) is 11.2. The molecule has 36 heavy (non-hydrogen) atoms. The van der Waals surface area contributed by atoms with Crippen molar-refractivity contribution in [3.8, 4) is 0 Å². The molecule has 1 aromatic heterocycles. The van der Waals surface area contributed by atoms with Gasteiger partial charge in [0.15, 0.2) is 5.69 Å². The van der Waals surface area contributed by atoms with Gasteiger partial charge in [-0.2, -0.15) is 0 Å². The maximum absolute atomic E-state index is 13.7. The summed E-state index contributed by atoms with van der Waals surface area (Å²) < 4.78 is 57.0. The van der Waals surface area contributed by atoms with Crippen molar-refractivity contribution in [1.29, 1.82) is 0 Å². The van der Waals surface area contributed by atoms with Gasteiger partial charge in [0.2, 0.25) is 15.9 Å². The second kappa shape index (κ2) is 12.1. The summed E-state index contributed by atoms with van der Waals surface area (Å²) in [6, 6.07) is 11.0.